The molecule has 1 saturated heterocycles. The molecule has 8 nitrogen and oxygen atoms in total. The van der Waals surface area contributed by atoms with E-state index in [1.165, 1.54) is 11.8 Å². The second-order valence-electron chi connectivity index (χ2n) is 7.69. The minimum Gasteiger partial charge on any atom is -0.486 e. The second kappa shape index (κ2) is 8.30. The van der Waals surface area contributed by atoms with Crippen LogP contribution in [-0.2, 0) is 11.8 Å². The molecule has 0 aliphatic carbocycles. The van der Waals surface area contributed by atoms with Gasteiger partial charge in [-0.2, -0.15) is 0 Å². The van der Waals surface area contributed by atoms with Crippen LogP contribution in [0.1, 0.15) is 30.2 Å². The molecule has 0 radical (unpaired) electrons. The van der Waals surface area contributed by atoms with Crippen molar-refractivity contribution >= 4 is 17.7 Å². The molecular formula is C22H24N4O4S. The van der Waals surface area contributed by atoms with Crippen molar-refractivity contribution in [3.63, 3.8) is 0 Å². The van der Waals surface area contributed by atoms with Gasteiger partial charge in [-0.05, 0) is 43.5 Å². The Morgan fingerprint density at radius 2 is 2.03 bits per heavy atom. The molecule has 5 rings (SSSR count). The summed E-state index contributed by atoms with van der Waals surface area (Å²) < 4.78 is 18.6. The van der Waals surface area contributed by atoms with Crippen LogP contribution in [0.3, 0.4) is 0 Å². The molecule has 0 N–H and O–H groups in total. The lowest BCUT2D eigenvalue weighted by atomic mass is 10.0. The van der Waals surface area contributed by atoms with Gasteiger partial charge in [0.1, 0.15) is 19.0 Å². The lowest BCUT2D eigenvalue weighted by molar-refractivity contribution is -0.129. The minimum absolute atomic E-state index is 0.0626. The van der Waals surface area contributed by atoms with E-state index in [1.807, 2.05) is 47.7 Å². The lowest BCUT2D eigenvalue weighted by Gasteiger charge is -2.26. The number of carbonyl (C=O) groups is 1. The predicted octanol–water partition coefficient (Wildman–Crippen LogP) is 3.61. The van der Waals surface area contributed by atoms with E-state index < -0.39 is 0 Å². The maximum atomic E-state index is 13.1. The highest BCUT2D eigenvalue weighted by Crippen LogP contribution is 2.38. The van der Waals surface area contributed by atoms with E-state index in [-0.39, 0.29) is 11.9 Å². The van der Waals surface area contributed by atoms with Crippen LogP contribution in [0, 0.1) is 6.92 Å². The molecule has 2 aliphatic heterocycles. The SMILES string of the molecule is Cc1occc1-c1nnc(SCC(=O)N2CCC[C@@H]2c2ccc3c(c2)OCCO3)n1C. The van der Waals surface area contributed by atoms with Crippen LogP contribution >= 0.6 is 11.8 Å². The molecule has 0 bridgehead atoms. The Kier molecular flexibility index (Phi) is 5.35. The molecular weight excluding hydrogens is 416 g/mol. The van der Waals surface area contributed by atoms with Crippen molar-refractivity contribution in [2.24, 2.45) is 7.05 Å². The van der Waals surface area contributed by atoms with Crippen LogP contribution in [0.25, 0.3) is 11.4 Å². The molecule has 2 aromatic heterocycles. The molecule has 9 heteroatoms. The largest absolute Gasteiger partial charge is 0.486 e. The summed E-state index contributed by atoms with van der Waals surface area (Å²) in [6, 6.07) is 7.94. The molecule has 1 fully saturated rings. The summed E-state index contributed by atoms with van der Waals surface area (Å²) in [6.45, 7) is 3.78. The topological polar surface area (TPSA) is 82.6 Å². The predicted molar refractivity (Wildman–Crippen MR) is 115 cm³/mol. The first-order valence-electron chi connectivity index (χ1n) is 10.4. The fourth-order valence-electron chi connectivity index (χ4n) is 4.18. The van der Waals surface area contributed by atoms with Gasteiger partial charge in [-0.1, -0.05) is 17.8 Å². The van der Waals surface area contributed by atoms with Gasteiger partial charge in [0.25, 0.3) is 0 Å². The first-order valence-corrected chi connectivity index (χ1v) is 11.4. The Bertz CT molecular complexity index is 1110. The summed E-state index contributed by atoms with van der Waals surface area (Å²) in [4.78, 5) is 15.0. The van der Waals surface area contributed by atoms with Gasteiger partial charge >= 0.3 is 0 Å². The molecule has 2 aliphatic rings. The highest BCUT2D eigenvalue weighted by Gasteiger charge is 2.31. The van der Waals surface area contributed by atoms with E-state index in [0.29, 0.717) is 24.1 Å². The van der Waals surface area contributed by atoms with Crippen LogP contribution in [0.4, 0.5) is 0 Å². The summed E-state index contributed by atoms with van der Waals surface area (Å²) in [5.74, 6) is 3.48. The van der Waals surface area contributed by atoms with Crippen molar-refractivity contribution in [2.75, 3.05) is 25.5 Å². The van der Waals surface area contributed by atoms with E-state index >= 15 is 0 Å². The highest BCUT2D eigenvalue weighted by atomic mass is 32.2. The average Bonchev–Trinajstić information content (AvgIpc) is 3.52. The number of hydrogen-bond acceptors (Lipinski definition) is 7. The summed E-state index contributed by atoms with van der Waals surface area (Å²) in [5, 5.41) is 9.26. The summed E-state index contributed by atoms with van der Waals surface area (Å²) in [5.41, 5.74) is 2.00. The molecule has 162 valence electrons. The Labute approximate surface area is 184 Å². The summed E-state index contributed by atoms with van der Waals surface area (Å²) in [7, 11) is 1.91. The monoisotopic (exact) mass is 440 g/mol. The normalized spacial score (nSPS) is 17.9. The number of ether oxygens (including phenoxy) is 2. The Morgan fingerprint density at radius 3 is 2.84 bits per heavy atom. The van der Waals surface area contributed by atoms with Gasteiger partial charge in [0, 0.05) is 13.6 Å². The first-order chi connectivity index (χ1) is 15.1. The molecule has 0 spiro atoms. The number of hydrogen-bond donors (Lipinski definition) is 0. The standard InChI is InChI=1S/C22H24N4O4S/c1-14-16(7-9-28-14)21-23-24-22(25(21)2)31-13-20(27)26-8-3-4-17(26)15-5-6-18-19(12-15)30-11-10-29-18/h5-7,9,12,17H,3-4,8,10-11,13H2,1-2H3/t17-/m1/s1. The van der Waals surface area contributed by atoms with Crippen LogP contribution in [0.15, 0.2) is 40.1 Å². The summed E-state index contributed by atoms with van der Waals surface area (Å²) in [6.07, 6.45) is 3.58. The number of aryl methyl sites for hydroxylation is 1. The molecule has 0 unspecified atom stereocenters. The van der Waals surface area contributed by atoms with Crippen molar-refractivity contribution < 1.29 is 18.7 Å². The van der Waals surface area contributed by atoms with Crippen molar-refractivity contribution in [3.05, 3.63) is 41.9 Å². The fraction of sp³-hybridized carbons (Fsp3) is 0.409. The summed E-state index contributed by atoms with van der Waals surface area (Å²) >= 11 is 1.41. The first kappa shape index (κ1) is 20.0. The number of nitrogens with zero attached hydrogens (tertiary/aromatic N) is 4. The van der Waals surface area contributed by atoms with Crippen LogP contribution in [-0.4, -0.2) is 51.1 Å². The van der Waals surface area contributed by atoms with Crippen molar-refractivity contribution in [1.29, 1.82) is 0 Å². The molecule has 1 aromatic carbocycles. The van der Waals surface area contributed by atoms with Crippen molar-refractivity contribution in [3.8, 4) is 22.9 Å². The number of likely N-dealkylation sites (tertiary alicyclic amines) is 1. The van der Waals surface area contributed by atoms with Gasteiger partial charge in [0.2, 0.25) is 5.91 Å². The molecule has 3 aromatic rings. The Hall–Kier alpha value is -2.94. The van der Waals surface area contributed by atoms with Crippen LogP contribution in [0.5, 0.6) is 11.5 Å². The van der Waals surface area contributed by atoms with Gasteiger partial charge in [-0.15, -0.1) is 10.2 Å². The third-order valence-electron chi connectivity index (χ3n) is 5.78. The van der Waals surface area contributed by atoms with E-state index in [9.17, 15) is 4.79 Å². The molecule has 4 heterocycles. The molecule has 31 heavy (non-hydrogen) atoms. The van der Waals surface area contributed by atoms with Crippen molar-refractivity contribution in [1.82, 2.24) is 19.7 Å². The number of furan rings is 1. The quantitative estimate of drug-likeness (QED) is 0.561. The fourth-order valence-corrected chi connectivity index (χ4v) is 4.98. The third-order valence-corrected chi connectivity index (χ3v) is 6.79. The maximum Gasteiger partial charge on any atom is 0.233 e. The van der Waals surface area contributed by atoms with Gasteiger partial charge in [-0.25, -0.2) is 0 Å². The van der Waals surface area contributed by atoms with Gasteiger partial charge in [0.05, 0.1) is 23.6 Å². The van der Waals surface area contributed by atoms with Crippen LogP contribution in [0.2, 0.25) is 0 Å². The number of amides is 1. The lowest BCUT2D eigenvalue weighted by Crippen LogP contribution is -2.32. The van der Waals surface area contributed by atoms with Gasteiger partial charge in [0.15, 0.2) is 22.5 Å². The van der Waals surface area contributed by atoms with Gasteiger partial charge in [-0.3, -0.25) is 4.79 Å². The molecule has 0 saturated carbocycles. The zero-order chi connectivity index (χ0) is 21.4. The Balaban J connectivity index is 1.27. The number of aromatic nitrogens is 3. The van der Waals surface area contributed by atoms with E-state index in [4.69, 9.17) is 13.9 Å². The molecule has 1 atom stereocenters. The zero-order valence-electron chi connectivity index (χ0n) is 17.5. The smallest absolute Gasteiger partial charge is 0.233 e. The Morgan fingerprint density at radius 1 is 1.19 bits per heavy atom. The third kappa shape index (κ3) is 3.78. The zero-order valence-corrected chi connectivity index (χ0v) is 18.4. The second-order valence-corrected chi connectivity index (χ2v) is 8.64. The van der Waals surface area contributed by atoms with Gasteiger partial charge < -0.3 is 23.4 Å². The maximum absolute atomic E-state index is 13.1. The van der Waals surface area contributed by atoms with Crippen LogP contribution < -0.4 is 9.47 Å². The minimum atomic E-state index is 0.0626. The number of carbonyl (C=O) groups excluding carboxylic acids is 1. The van der Waals surface area contributed by atoms with E-state index in [2.05, 4.69) is 10.2 Å². The highest BCUT2D eigenvalue weighted by molar-refractivity contribution is 7.99. The van der Waals surface area contributed by atoms with Crippen molar-refractivity contribution in [2.45, 2.75) is 31.0 Å². The average molecular weight is 441 g/mol. The van der Waals surface area contributed by atoms with E-state index in [1.54, 1.807) is 6.26 Å². The molecule has 1 amide bonds. The number of fused-ring (bicyclic) bond motifs is 1. The number of thioether (sulfide) groups is 1. The number of rotatable bonds is 5. The van der Waals surface area contributed by atoms with E-state index in [0.717, 1.165) is 53.6 Å². The number of benzene rings is 1.